The predicted molar refractivity (Wildman–Crippen MR) is 87.8 cm³/mol. The van der Waals surface area contributed by atoms with Crippen LogP contribution in [0.1, 0.15) is 23.5 Å². The molecule has 1 heterocycles. The zero-order chi connectivity index (χ0) is 18.9. The average molecular weight is 367 g/mol. The number of carbonyl (C=O) groups is 1. The summed E-state index contributed by atoms with van der Waals surface area (Å²) >= 11 is 0. The van der Waals surface area contributed by atoms with Gasteiger partial charge in [0, 0.05) is 24.1 Å². The van der Waals surface area contributed by atoms with Crippen LogP contribution in [0.4, 0.5) is 18.9 Å². The number of methoxy groups -OCH3 is 2. The van der Waals surface area contributed by atoms with E-state index in [0.717, 1.165) is 5.56 Å². The van der Waals surface area contributed by atoms with Gasteiger partial charge in [-0.3, -0.25) is 4.79 Å². The molecule has 0 aromatic heterocycles. The Balaban J connectivity index is 2.05. The number of nitrogens with one attached hydrogen (secondary N) is 1. The number of rotatable bonds is 4. The Morgan fingerprint density at radius 2 is 1.77 bits per heavy atom. The molecule has 3 rings (SSSR count). The SMILES string of the molecule is COc1cc2c(cc1OC)C(c1cccc(OC(F)(F)F)c1)CC(=O)N2. The zero-order valence-electron chi connectivity index (χ0n) is 14.0. The maximum absolute atomic E-state index is 12.5. The number of alkyl halides is 3. The van der Waals surface area contributed by atoms with Crippen molar-refractivity contribution in [1.82, 2.24) is 0 Å². The van der Waals surface area contributed by atoms with Crippen molar-refractivity contribution in [3.05, 3.63) is 47.5 Å². The second-order valence-corrected chi connectivity index (χ2v) is 5.72. The maximum atomic E-state index is 12.5. The van der Waals surface area contributed by atoms with Gasteiger partial charge >= 0.3 is 6.36 Å². The van der Waals surface area contributed by atoms with Crippen molar-refractivity contribution in [1.29, 1.82) is 0 Å². The normalized spacial score (nSPS) is 16.5. The van der Waals surface area contributed by atoms with Gasteiger partial charge < -0.3 is 19.5 Å². The molecule has 2 aromatic carbocycles. The molecule has 1 aliphatic rings. The molecule has 0 aliphatic carbocycles. The van der Waals surface area contributed by atoms with E-state index in [1.807, 2.05) is 0 Å². The zero-order valence-corrected chi connectivity index (χ0v) is 14.0. The molecule has 5 nitrogen and oxygen atoms in total. The summed E-state index contributed by atoms with van der Waals surface area (Å²) in [4.78, 5) is 12.1. The van der Waals surface area contributed by atoms with Gasteiger partial charge in [0.15, 0.2) is 11.5 Å². The highest BCUT2D eigenvalue weighted by Gasteiger charge is 2.32. The van der Waals surface area contributed by atoms with Gasteiger partial charge in [-0.2, -0.15) is 0 Å². The Labute approximate surface area is 147 Å². The fraction of sp³-hybridized carbons (Fsp3) is 0.278. The number of halogens is 3. The maximum Gasteiger partial charge on any atom is 0.573 e. The van der Waals surface area contributed by atoms with Crippen molar-refractivity contribution in [2.45, 2.75) is 18.7 Å². The Kier molecular flexibility index (Phi) is 4.67. The van der Waals surface area contributed by atoms with Crippen LogP contribution in [-0.2, 0) is 4.79 Å². The molecule has 0 fully saturated rings. The highest BCUT2D eigenvalue weighted by Crippen LogP contribution is 2.43. The summed E-state index contributed by atoms with van der Waals surface area (Å²) in [6.45, 7) is 0. The van der Waals surface area contributed by atoms with Gasteiger partial charge in [0.25, 0.3) is 0 Å². The molecule has 0 saturated heterocycles. The molecule has 1 aliphatic heterocycles. The average Bonchev–Trinajstić information content (AvgIpc) is 2.58. The largest absolute Gasteiger partial charge is 0.573 e. The molecule has 2 aromatic rings. The van der Waals surface area contributed by atoms with Gasteiger partial charge in [-0.05, 0) is 29.3 Å². The van der Waals surface area contributed by atoms with Gasteiger partial charge in [0.05, 0.1) is 14.2 Å². The van der Waals surface area contributed by atoms with Gasteiger partial charge in [-0.15, -0.1) is 13.2 Å². The fourth-order valence-corrected chi connectivity index (χ4v) is 3.01. The fourth-order valence-electron chi connectivity index (χ4n) is 3.01. The second kappa shape index (κ2) is 6.78. The molecule has 0 radical (unpaired) electrons. The highest BCUT2D eigenvalue weighted by molar-refractivity contribution is 5.96. The van der Waals surface area contributed by atoms with Crippen LogP contribution in [0.25, 0.3) is 0 Å². The van der Waals surface area contributed by atoms with Crippen LogP contribution in [0.3, 0.4) is 0 Å². The van der Waals surface area contributed by atoms with Crippen LogP contribution in [-0.4, -0.2) is 26.5 Å². The number of carbonyl (C=O) groups excluding carboxylic acids is 1. The van der Waals surface area contributed by atoms with Gasteiger partial charge in [-0.1, -0.05) is 12.1 Å². The lowest BCUT2D eigenvalue weighted by Crippen LogP contribution is -2.24. The smallest absolute Gasteiger partial charge is 0.493 e. The van der Waals surface area contributed by atoms with Crippen LogP contribution in [0.5, 0.6) is 17.2 Å². The number of ether oxygens (including phenoxy) is 3. The predicted octanol–water partition coefficient (Wildman–Crippen LogP) is 4.08. The Bertz CT molecular complexity index is 836. The minimum Gasteiger partial charge on any atom is -0.493 e. The Morgan fingerprint density at radius 3 is 2.42 bits per heavy atom. The quantitative estimate of drug-likeness (QED) is 0.885. The van der Waals surface area contributed by atoms with Crippen molar-refractivity contribution in [2.24, 2.45) is 0 Å². The van der Waals surface area contributed by atoms with E-state index in [-0.39, 0.29) is 18.1 Å². The lowest BCUT2D eigenvalue weighted by atomic mass is 9.84. The van der Waals surface area contributed by atoms with Crippen molar-refractivity contribution >= 4 is 11.6 Å². The summed E-state index contributed by atoms with van der Waals surface area (Å²) in [6, 6.07) is 8.98. The van der Waals surface area contributed by atoms with Crippen molar-refractivity contribution < 1.29 is 32.2 Å². The van der Waals surface area contributed by atoms with E-state index < -0.39 is 12.3 Å². The summed E-state index contributed by atoms with van der Waals surface area (Å²) in [5.74, 6) is -0.0911. The lowest BCUT2D eigenvalue weighted by molar-refractivity contribution is -0.274. The third-order valence-electron chi connectivity index (χ3n) is 4.09. The number of hydrogen-bond acceptors (Lipinski definition) is 4. The summed E-state index contributed by atoms with van der Waals surface area (Å²) in [5, 5.41) is 2.75. The first-order valence-corrected chi connectivity index (χ1v) is 7.72. The number of benzene rings is 2. The van der Waals surface area contributed by atoms with Crippen LogP contribution in [0.2, 0.25) is 0 Å². The summed E-state index contributed by atoms with van der Waals surface area (Å²) in [6.07, 6.45) is -4.69. The summed E-state index contributed by atoms with van der Waals surface area (Å²) in [7, 11) is 2.96. The lowest BCUT2D eigenvalue weighted by Gasteiger charge is -2.27. The van der Waals surface area contributed by atoms with E-state index in [4.69, 9.17) is 9.47 Å². The van der Waals surface area contributed by atoms with Gasteiger partial charge in [-0.25, -0.2) is 0 Å². The molecule has 26 heavy (non-hydrogen) atoms. The van der Waals surface area contributed by atoms with E-state index in [2.05, 4.69) is 10.1 Å². The number of amides is 1. The van der Waals surface area contributed by atoms with E-state index >= 15 is 0 Å². The van der Waals surface area contributed by atoms with E-state index in [1.54, 1.807) is 18.2 Å². The summed E-state index contributed by atoms with van der Waals surface area (Å²) < 4.78 is 52.0. The first-order valence-electron chi connectivity index (χ1n) is 7.72. The number of anilines is 1. The monoisotopic (exact) mass is 367 g/mol. The van der Waals surface area contributed by atoms with Crippen LogP contribution in [0, 0.1) is 0 Å². The van der Waals surface area contributed by atoms with Crippen molar-refractivity contribution in [3.63, 3.8) is 0 Å². The second-order valence-electron chi connectivity index (χ2n) is 5.72. The van der Waals surface area contributed by atoms with Crippen molar-refractivity contribution in [2.75, 3.05) is 19.5 Å². The van der Waals surface area contributed by atoms with Gasteiger partial charge in [0.1, 0.15) is 5.75 Å². The van der Waals surface area contributed by atoms with Crippen molar-refractivity contribution in [3.8, 4) is 17.2 Å². The molecule has 1 unspecified atom stereocenters. The molecule has 0 spiro atoms. The molecule has 8 heteroatoms. The molecular formula is C18H16F3NO4. The molecule has 1 amide bonds. The van der Waals surface area contributed by atoms with E-state index in [1.165, 1.54) is 32.4 Å². The molecule has 138 valence electrons. The molecule has 1 atom stereocenters. The molecule has 1 N–H and O–H groups in total. The molecule has 0 saturated carbocycles. The molecular weight excluding hydrogens is 351 g/mol. The number of fused-ring (bicyclic) bond motifs is 1. The van der Waals surface area contributed by atoms with E-state index in [9.17, 15) is 18.0 Å². The third kappa shape index (κ3) is 3.68. The first-order chi connectivity index (χ1) is 12.3. The third-order valence-corrected chi connectivity index (χ3v) is 4.09. The van der Waals surface area contributed by atoms with Crippen LogP contribution < -0.4 is 19.5 Å². The molecule has 0 bridgehead atoms. The number of hydrogen-bond donors (Lipinski definition) is 1. The minimum absolute atomic E-state index is 0.0952. The summed E-state index contributed by atoms with van der Waals surface area (Å²) in [5.41, 5.74) is 1.80. The van der Waals surface area contributed by atoms with Crippen LogP contribution >= 0.6 is 0 Å². The van der Waals surface area contributed by atoms with Gasteiger partial charge in [0.2, 0.25) is 5.91 Å². The minimum atomic E-state index is -4.78. The Morgan fingerprint density at radius 1 is 1.08 bits per heavy atom. The van der Waals surface area contributed by atoms with E-state index in [0.29, 0.717) is 22.7 Å². The van der Waals surface area contributed by atoms with Crippen LogP contribution in [0.15, 0.2) is 36.4 Å². The standard InChI is InChI=1S/C18H16F3NO4/c1-24-15-7-13-12(8-17(23)22-14(13)9-16(15)25-2)10-4-3-5-11(6-10)26-18(19,20)21/h3-7,9,12H,8H2,1-2H3,(H,22,23). The first kappa shape index (κ1) is 17.9. The topological polar surface area (TPSA) is 56.8 Å². The highest BCUT2D eigenvalue weighted by atomic mass is 19.4. The Hall–Kier alpha value is -2.90.